The molecule has 4 aromatic rings. The summed E-state index contributed by atoms with van der Waals surface area (Å²) >= 11 is 0. The molecule has 2 aliphatic rings. The van der Waals surface area contributed by atoms with Gasteiger partial charge in [0.05, 0.1) is 19.9 Å². The van der Waals surface area contributed by atoms with Crippen molar-refractivity contribution in [1.82, 2.24) is 14.8 Å². The van der Waals surface area contributed by atoms with E-state index in [0.29, 0.717) is 17.4 Å². The zero-order valence-corrected chi connectivity index (χ0v) is 19.1. The largest absolute Gasteiger partial charge is 0.493 e. The summed E-state index contributed by atoms with van der Waals surface area (Å²) in [5.74, 6) is 2.85. The highest BCUT2D eigenvalue weighted by atomic mass is 16.5. The van der Waals surface area contributed by atoms with Crippen molar-refractivity contribution >= 4 is 11.6 Å². The number of fused-ring (bicyclic) bond motifs is 3. The number of aryl methyl sites for hydroxylation is 1. The maximum atomic E-state index is 6.67. The summed E-state index contributed by atoms with van der Waals surface area (Å²) in [6.07, 6.45) is 1.26. The SMILES string of the molecule is COc1ccc([C@H]2C3=C(Nc4ncnn42)c2cc(C)ccc2O[C@H]3c2ccccc2)cc1OC. The summed E-state index contributed by atoms with van der Waals surface area (Å²) in [5, 5.41) is 8.13. The van der Waals surface area contributed by atoms with Gasteiger partial charge in [-0.15, -0.1) is 0 Å². The summed E-state index contributed by atoms with van der Waals surface area (Å²) in [4.78, 5) is 4.50. The normalized spacial score (nSPS) is 18.2. The van der Waals surface area contributed by atoms with E-state index in [-0.39, 0.29) is 12.1 Å². The van der Waals surface area contributed by atoms with Crippen molar-refractivity contribution in [1.29, 1.82) is 0 Å². The molecule has 7 heteroatoms. The number of anilines is 1. The third-order valence-electron chi connectivity index (χ3n) is 6.40. The molecule has 2 aliphatic heterocycles. The highest BCUT2D eigenvalue weighted by Gasteiger charge is 2.41. The molecule has 34 heavy (non-hydrogen) atoms. The summed E-state index contributed by atoms with van der Waals surface area (Å²) in [6, 6.07) is 22.2. The van der Waals surface area contributed by atoms with Crippen molar-refractivity contribution < 1.29 is 14.2 Å². The summed E-state index contributed by atoms with van der Waals surface area (Å²) < 4.78 is 19.7. The van der Waals surface area contributed by atoms with Crippen molar-refractivity contribution in [3.8, 4) is 17.2 Å². The van der Waals surface area contributed by atoms with Crippen molar-refractivity contribution in [3.63, 3.8) is 0 Å². The van der Waals surface area contributed by atoms with Gasteiger partial charge in [0.1, 0.15) is 24.2 Å². The third kappa shape index (κ3) is 3.12. The highest BCUT2D eigenvalue weighted by Crippen LogP contribution is 2.51. The number of nitrogens with zero attached hydrogens (tertiary/aromatic N) is 3. The first kappa shape index (κ1) is 20.4. The Labute approximate surface area is 197 Å². The van der Waals surface area contributed by atoms with Crippen molar-refractivity contribution in [3.05, 3.63) is 101 Å². The van der Waals surface area contributed by atoms with Crippen LogP contribution in [-0.4, -0.2) is 29.0 Å². The van der Waals surface area contributed by atoms with Crippen molar-refractivity contribution in [2.75, 3.05) is 19.5 Å². The zero-order valence-electron chi connectivity index (χ0n) is 19.1. The fourth-order valence-corrected chi connectivity index (χ4v) is 4.83. The standard InChI is InChI=1S/C27H24N4O3/c1-16-9-11-20-19(13-16)24-23(26(34-20)17-7-5-4-6-8-17)25(31-27(30-24)28-15-29-31)18-10-12-21(32-2)22(14-18)33-3/h4-15,25-26H,1-3H3,(H,28,29,30)/t25-,26-/m0/s1. The Morgan fingerprint density at radius 3 is 2.53 bits per heavy atom. The van der Waals surface area contributed by atoms with Crippen LogP contribution in [0.25, 0.3) is 5.70 Å². The van der Waals surface area contributed by atoms with Gasteiger partial charge in [0, 0.05) is 11.1 Å². The van der Waals surface area contributed by atoms with Crippen molar-refractivity contribution in [2.45, 2.75) is 19.1 Å². The van der Waals surface area contributed by atoms with Crippen LogP contribution < -0.4 is 19.5 Å². The first-order chi connectivity index (χ1) is 16.7. The Bertz CT molecular complexity index is 1410. The molecule has 2 atom stereocenters. The van der Waals surface area contributed by atoms with Crippen molar-refractivity contribution in [2.24, 2.45) is 0 Å². The van der Waals surface area contributed by atoms with Crippen LogP contribution in [0.15, 0.2) is 78.6 Å². The molecule has 0 saturated carbocycles. The Balaban J connectivity index is 1.63. The molecule has 0 unspecified atom stereocenters. The summed E-state index contributed by atoms with van der Waals surface area (Å²) in [5.41, 5.74) is 6.30. The van der Waals surface area contributed by atoms with Crippen LogP contribution in [0.1, 0.15) is 34.4 Å². The maximum Gasteiger partial charge on any atom is 0.226 e. The van der Waals surface area contributed by atoms with Gasteiger partial charge < -0.3 is 19.5 Å². The Hall–Kier alpha value is -4.26. The minimum Gasteiger partial charge on any atom is -0.493 e. The fraction of sp³-hybridized carbons (Fsp3) is 0.185. The monoisotopic (exact) mass is 452 g/mol. The lowest BCUT2D eigenvalue weighted by molar-refractivity contribution is 0.223. The second-order valence-electron chi connectivity index (χ2n) is 8.41. The number of benzene rings is 3. The van der Waals surface area contributed by atoms with Gasteiger partial charge in [0.25, 0.3) is 0 Å². The minimum absolute atomic E-state index is 0.257. The van der Waals surface area contributed by atoms with E-state index in [9.17, 15) is 0 Å². The van der Waals surface area contributed by atoms with Gasteiger partial charge in [-0.25, -0.2) is 4.68 Å². The molecule has 3 aromatic carbocycles. The van der Waals surface area contributed by atoms with Crippen LogP contribution in [0, 0.1) is 6.92 Å². The van der Waals surface area contributed by atoms with Crippen LogP contribution in [-0.2, 0) is 0 Å². The highest BCUT2D eigenvalue weighted by molar-refractivity contribution is 5.85. The Kier molecular flexibility index (Phi) is 4.76. The number of aromatic nitrogens is 3. The molecule has 1 N–H and O–H groups in total. The fourth-order valence-electron chi connectivity index (χ4n) is 4.83. The number of nitrogens with one attached hydrogen (secondary N) is 1. The lowest BCUT2D eigenvalue weighted by Gasteiger charge is -2.39. The zero-order chi connectivity index (χ0) is 23.2. The van der Waals surface area contributed by atoms with Gasteiger partial charge >= 0.3 is 0 Å². The van der Waals surface area contributed by atoms with Gasteiger partial charge in [-0.05, 0) is 42.3 Å². The summed E-state index contributed by atoms with van der Waals surface area (Å²) in [7, 11) is 3.28. The Morgan fingerprint density at radius 1 is 0.912 bits per heavy atom. The molecule has 0 spiro atoms. The molecule has 170 valence electrons. The third-order valence-corrected chi connectivity index (χ3v) is 6.40. The molecule has 7 nitrogen and oxygen atoms in total. The van der Waals surface area contributed by atoms with E-state index in [0.717, 1.165) is 39.3 Å². The molecular formula is C27H24N4O3. The Morgan fingerprint density at radius 2 is 1.74 bits per heavy atom. The maximum absolute atomic E-state index is 6.67. The number of ether oxygens (including phenoxy) is 3. The molecule has 1 aromatic heterocycles. The summed E-state index contributed by atoms with van der Waals surface area (Å²) in [6.45, 7) is 2.08. The first-order valence-electron chi connectivity index (χ1n) is 11.1. The van der Waals surface area contributed by atoms with Crippen LogP contribution in [0.4, 0.5) is 5.95 Å². The lowest BCUT2D eigenvalue weighted by atomic mass is 9.84. The molecule has 3 heterocycles. The smallest absolute Gasteiger partial charge is 0.226 e. The van der Waals surface area contributed by atoms with E-state index in [4.69, 9.17) is 14.2 Å². The molecule has 0 fully saturated rings. The van der Waals surface area contributed by atoms with E-state index in [1.165, 1.54) is 0 Å². The molecule has 0 bridgehead atoms. The van der Waals surface area contributed by atoms with Crippen LogP contribution in [0.5, 0.6) is 17.2 Å². The lowest BCUT2D eigenvalue weighted by Crippen LogP contribution is -2.32. The average molecular weight is 453 g/mol. The first-order valence-corrected chi connectivity index (χ1v) is 11.1. The van der Waals surface area contributed by atoms with Gasteiger partial charge in [-0.3, -0.25) is 0 Å². The second-order valence-corrected chi connectivity index (χ2v) is 8.41. The molecular weight excluding hydrogens is 428 g/mol. The van der Waals surface area contributed by atoms with E-state index >= 15 is 0 Å². The number of rotatable bonds is 4. The van der Waals surface area contributed by atoms with E-state index < -0.39 is 0 Å². The van der Waals surface area contributed by atoms with E-state index in [1.54, 1.807) is 20.5 Å². The van der Waals surface area contributed by atoms with Crippen LogP contribution in [0.3, 0.4) is 0 Å². The average Bonchev–Trinajstić information content (AvgIpc) is 3.35. The quantitative estimate of drug-likeness (QED) is 0.461. The molecule has 0 amide bonds. The van der Waals surface area contributed by atoms with Crippen LogP contribution in [0.2, 0.25) is 0 Å². The minimum atomic E-state index is -0.311. The van der Waals surface area contributed by atoms with Gasteiger partial charge in [0.15, 0.2) is 11.5 Å². The van der Waals surface area contributed by atoms with Crippen LogP contribution >= 0.6 is 0 Å². The number of hydrogen-bond acceptors (Lipinski definition) is 6. The number of methoxy groups -OCH3 is 2. The van der Waals surface area contributed by atoms with Gasteiger partial charge in [-0.1, -0.05) is 48.0 Å². The molecule has 6 rings (SSSR count). The predicted octanol–water partition coefficient (Wildman–Crippen LogP) is 5.16. The molecule has 0 saturated heterocycles. The van der Waals surface area contributed by atoms with E-state index in [2.05, 4.69) is 46.6 Å². The topological polar surface area (TPSA) is 70.4 Å². The number of hydrogen-bond donors (Lipinski definition) is 1. The van der Waals surface area contributed by atoms with Gasteiger partial charge in [0.2, 0.25) is 5.95 Å². The molecule has 0 aliphatic carbocycles. The predicted molar refractivity (Wildman–Crippen MR) is 129 cm³/mol. The molecule has 0 radical (unpaired) electrons. The van der Waals surface area contributed by atoms with Gasteiger partial charge in [-0.2, -0.15) is 10.1 Å². The van der Waals surface area contributed by atoms with E-state index in [1.807, 2.05) is 47.1 Å². The second kappa shape index (κ2) is 7.95.